The quantitative estimate of drug-likeness (QED) is 0.797. The zero-order chi connectivity index (χ0) is 16.1. The first-order valence-corrected chi connectivity index (χ1v) is 7.92. The summed E-state index contributed by atoms with van der Waals surface area (Å²) in [4.78, 5) is 13.8. The van der Waals surface area contributed by atoms with Gasteiger partial charge in [-0.2, -0.15) is 0 Å². The van der Waals surface area contributed by atoms with Gasteiger partial charge in [0.2, 0.25) is 6.79 Å². The molecule has 2 aliphatic heterocycles. The smallest absolute Gasteiger partial charge is 0.317 e. The van der Waals surface area contributed by atoms with Gasteiger partial charge >= 0.3 is 6.03 Å². The second-order valence-corrected chi connectivity index (χ2v) is 5.73. The predicted molar refractivity (Wildman–Crippen MR) is 82.8 cm³/mol. The molecular weight excluding hydrogens is 300 g/mol. The molecule has 2 heterocycles. The molecule has 0 aromatic heterocycles. The Morgan fingerprint density at radius 2 is 2.26 bits per heavy atom. The molecule has 23 heavy (non-hydrogen) atoms. The van der Waals surface area contributed by atoms with E-state index in [0.29, 0.717) is 36.9 Å². The summed E-state index contributed by atoms with van der Waals surface area (Å²) in [6, 6.07) is 5.29. The van der Waals surface area contributed by atoms with Crippen molar-refractivity contribution in [2.45, 2.75) is 12.8 Å². The highest BCUT2D eigenvalue weighted by Gasteiger charge is 2.22. The molecule has 3 rings (SSSR count). The lowest BCUT2D eigenvalue weighted by molar-refractivity contribution is 0.129. The Hall–Kier alpha value is -2.15. The van der Waals surface area contributed by atoms with Crippen molar-refractivity contribution < 1.29 is 24.1 Å². The molecule has 2 amide bonds. The highest BCUT2D eigenvalue weighted by atomic mass is 16.7. The highest BCUT2D eigenvalue weighted by Crippen LogP contribution is 2.34. The van der Waals surface area contributed by atoms with E-state index in [2.05, 4.69) is 5.32 Å². The van der Waals surface area contributed by atoms with E-state index in [-0.39, 0.29) is 25.3 Å². The average molecular weight is 322 g/mol. The molecule has 1 saturated heterocycles. The normalized spacial score (nSPS) is 19.5. The third kappa shape index (κ3) is 3.98. The fourth-order valence-electron chi connectivity index (χ4n) is 2.80. The first-order valence-electron chi connectivity index (χ1n) is 7.92. The fourth-order valence-corrected chi connectivity index (χ4v) is 2.80. The Labute approximate surface area is 135 Å². The summed E-state index contributed by atoms with van der Waals surface area (Å²) in [5.74, 6) is 2.27. The minimum atomic E-state index is -0.0996. The van der Waals surface area contributed by atoms with Gasteiger partial charge < -0.3 is 29.5 Å². The number of nitrogens with zero attached hydrogens (tertiary/aromatic N) is 1. The lowest BCUT2D eigenvalue weighted by atomic mass is 9.99. The number of rotatable bonds is 5. The molecule has 2 aliphatic rings. The van der Waals surface area contributed by atoms with Gasteiger partial charge in [-0.1, -0.05) is 0 Å². The van der Waals surface area contributed by atoms with Gasteiger partial charge in [0, 0.05) is 25.8 Å². The Morgan fingerprint density at radius 3 is 3.13 bits per heavy atom. The number of carbonyl (C=O) groups excluding carboxylic acids is 1. The maximum atomic E-state index is 12.1. The third-order valence-corrected chi connectivity index (χ3v) is 4.06. The molecule has 0 bridgehead atoms. The van der Waals surface area contributed by atoms with Gasteiger partial charge in [-0.15, -0.1) is 0 Å². The number of aliphatic hydroxyl groups is 1. The van der Waals surface area contributed by atoms with Crippen LogP contribution in [0.25, 0.3) is 0 Å². The molecule has 0 radical (unpaired) electrons. The molecule has 2 N–H and O–H groups in total. The predicted octanol–water partition coefficient (Wildman–Crippen LogP) is 1.21. The number of nitrogens with one attached hydrogen (secondary N) is 1. The van der Waals surface area contributed by atoms with E-state index in [4.69, 9.17) is 14.2 Å². The molecule has 0 spiro atoms. The summed E-state index contributed by atoms with van der Waals surface area (Å²) in [6.07, 6.45) is 1.92. The lowest BCUT2D eigenvalue weighted by Gasteiger charge is -2.31. The van der Waals surface area contributed by atoms with Crippen LogP contribution in [0.2, 0.25) is 0 Å². The zero-order valence-corrected chi connectivity index (χ0v) is 13.0. The number of piperidine rings is 1. The number of aliphatic hydroxyl groups excluding tert-OH is 1. The van der Waals surface area contributed by atoms with Crippen molar-refractivity contribution in [3.63, 3.8) is 0 Å². The number of urea groups is 1. The molecule has 1 atom stereocenters. The van der Waals surface area contributed by atoms with E-state index in [0.717, 1.165) is 19.4 Å². The van der Waals surface area contributed by atoms with Crippen LogP contribution >= 0.6 is 0 Å². The number of fused-ring (bicyclic) bond motifs is 1. The Bertz CT molecular complexity index is 551. The molecule has 0 saturated carbocycles. The second kappa shape index (κ2) is 7.41. The van der Waals surface area contributed by atoms with Gasteiger partial charge in [0.05, 0.1) is 6.54 Å². The number of hydrogen-bond acceptors (Lipinski definition) is 5. The van der Waals surface area contributed by atoms with E-state index >= 15 is 0 Å². The molecule has 126 valence electrons. The van der Waals surface area contributed by atoms with Crippen LogP contribution in [0.15, 0.2) is 18.2 Å². The maximum absolute atomic E-state index is 12.1. The lowest BCUT2D eigenvalue weighted by Crippen LogP contribution is -2.47. The van der Waals surface area contributed by atoms with Crippen LogP contribution in [0.3, 0.4) is 0 Å². The highest BCUT2D eigenvalue weighted by molar-refractivity contribution is 5.74. The number of likely N-dealkylation sites (tertiary alicyclic amines) is 1. The SMILES string of the molecule is O=C(NCCOc1ccc2c(c1)OCO2)N1CCC[C@@H](CO)C1. The molecule has 1 aromatic rings. The summed E-state index contributed by atoms with van der Waals surface area (Å²) < 4.78 is 16.1. The summed E-state index contributed by atoms with van der Waals surface area (Å²) in [7, 11) is 0. The van der Waals surface area contributed by atoms with Crippen LogP contribution in [0, 0.1) is 5.92 Å². The average Bonchev–Trinajstić information content (AvgIpc) is 3.06. The van der Waals surface area contributed by atoms with Crippen LogP contribution in [0.5, 0.6) is 17.2 Å². The minimum Gasteiger partial charge on any atom is -0.492 e. The first-order chi connectivity index (χ1) is 11.3. The van der Waals surface area contributed by atoms with E-state index in [1.54, 1.807) is 17.0 Å². The third-order valence-electron chi connectivity index (χ3n) is 4.06. The van der Waals surface area contributed by atoms with Crippen LogP contribution < -0.4 is 19.5 Å². The van der Waals surface area contributed by atoms with Crippen LogP contribution in [-0.2, 0) is 0 Å². The topological polar surface area (TPSA) is 80.3 Å². The number of hydrogen-bond donors (Lipinski definition) is 2. The summed E-state index contributed by atoms with van der Waals surface area (Å²) in [5.41, 5.74) is 0. The minimum absolute atomic E-state index is 0.0996. The number of carbonyl (C=O) groups is 1. The standard InChI is InChI=1S/C16H22N2O5/c19-10-12-2-1-6-18(9-12)16(20)17-5-7-21-13-3-4-14-15(8-13)23-11-22-14/h3-4,8,12,19H,1-2,5-7,9-11H2,(H,17,20)/t12-/m1/s1. The van der Waals surface area contributed by atoms with Crippen molar-refractivity contribution in [1.29, 1.82) is 0 Å². The van der Waals surface area contributed by atoms with Gasteiger partial charge in [-0.05, 0) is 30.9 Å². The fraction of sp³-hybridized carbons (Fsp3) is 0.562. The molecule has 0 unspecified atom stereocenters. The summed E-state index contributed by atoms with van der Waals surface area (Å²) >= 11 is 0. The number of amides is 2. The molecule has 1 aromatic carbocycles. The van der Waals surface area contributed by atoms with E-state index in [9.17, 15) is 9.90 Å². The van der Waals surface area contributed by atoms with Gasteiger partial charge in [0.15, 0.2) is 11.5 Å². The van der Waals surface area contributed by atoms with Crippen molar-refractivity contribution in [2.24, 2.45) is 5.92 Å². The zero-order valence-electron chi connectivity index (χ0n) is 13.0. The summed E-state index contributed by atoms with van der Waals surface area (Å²) in [6.45, 7) is 2.53. The van der Waals surface area contributed by atoms with Crippen molar-refractivity contribution >= 4 is 6.03 Å². The Balaban J connectivity index is 1.38. The first kappa shape index (κ1) is 15.7. The second-order valence-electron chi connectivity index (χ2n) is 5.73. The number of benzene rings is 1. The molecule has 7 nitrogen and oxygen atoms in total. The van der Waals surface area contributed by atoms with Gasteiger partial charge in [0.25, 0.3) is 0 Å². The van der Waals surface area contributed by atoms with Crippen LogP contribution in [0.4, 0.5) is 4.79 Å². The Kier molecular flexibility index (Phi) is 5.07. The van der Waals surface area contributed by atoms with Crippen LogP contribution in [0.1, 0.15) is 12.8 Å². The number of ether oxygens (including phenoxy) is 3. The van der Waals surface area contributed by atoms with Crippen LogP contribution in [-0.4, -0.2) is 55.7 Å². The van der Waals surface area contributed by atoms with Gasteiger partial charge in [-0.3, -0.25) is 0 Å². The Morgan fingerprint density at radius 1 is 1.39 bits per heavy atom. The van der Waals surface area contributed by atoms with E-state index in [1.807, 2.05) is 6.07 Å². The van der Waals surface area contributed by atoms with Crippen molar-refractivity contribution in [2.75, 3.05) is 39.6 Å². The van der Waals surface area contributed by atoms with E-state index in [1.165, 1.54) is 0 Å². The molecule has 0 aliphatic carbocycles. The van der Waals surface area contributed by atoms with Crippen molar-refractivity contribution in [3.8, 4) is 17.2 Å². The molecule has 7 heteroatoms. The maximum Gasteiger partial charge on any atom is 0.317 e. The molecular formula is C16H22N2O5. The van der Waals surface area contributed by atoms with Gasteiger partial charge in [-0.25, -0.2) is 4.79 Å². The largest absolute Gasteiger partial charge is 0.492 e. The van der Waals surface area contributed by atoms with Gasteiger partial charge in [0.1, 0.15) is 12.4 Å². The molecule has 1 fully saturated rings. The van der Waals surface area contributed by atoms with Crippen molar-refractivity contribution in [3.05, 3.63) is 18.2 Å². The summed E-state index contributed by atoms with van der Waals surface area (Å²) in [5, 5.41) is 12.0. The van der Waals surface area contributed by atoms with Crippen molar-refractivity contribution in [1.82, 2.24) is 10.2 Å². The van der Waals surface area contributed by atoms with E-state index < -0.39 is 0 Å². The monoisotopic (exact) mass is 322 g/mol.